The Morgan fingerprint density at radius 2 is 1.69 bits per heavy atom. The molecule has 1 aromatic heterocycles. The first-order chi connectivity index (χ1) is 12.7. The number of nitrogens with zero attached hydrogens (tertiary/aromatic N) is 1. The van der Waals surface area contributed by atoms with Crippen LogP contribution in [0.3, 0.4) is 0 Å². The third kappa shape index (κ3) is 4.06. The predicted octanol–water partition coefficient (Wildman–Crippen LogP) is 4.07. The van der Waals surface area contributed by atoms with E-state index in [2.05, 4.69) is 5.32 Å². The molecule has 0 aliphatic carbocycles. The van der Waals surface area contributed by atoms with Crippen LogP contribution in [0, 0.1) is 0 Å². The first-order valence-corrected chi connectivity index (χ1v) is 8.44. The van der Waals surface area contributed by atoms with Gasteiger partial charge in [0.2, 0.25) is 5.91 Å². The molecule has 0 spiro atoms. The minimum absolute atomic E-state index is 0.0421. The fourth-order valence-corrected chi connectivity index (χ4v) is 2.85. The van der Waals surface area contributed by atoms with Gasteiger partial charge in [-0.2, -0.15) is 0 Å². The molecule has 0 aliphatic heterocycles. The maximum Gasteiger partial charge on any atom is 0.224 e. The molecule has 5 nitrogen and oxygen atoms in total. The van der Waals surface area contributed by atoms with Crippen molar-refractivity contribution < 1.29 is 14.3 Å². The second kappa shape index (κ2) is 8.25. The second-order valence-electron chi connectivity index (χ2n) is 5.84. The summed E-state index contributed by atoms with van der Waals surface area (Å²) in [5, 5.41) is 2.95. The number of carbonyl (C=O) groups is 1. The number of hydrogen-bond donors (Lipinski definition) is 1. The Balaban J connectivity index is 1.69. The zero-order valence-corrected chi connectivity index (χ0v) is 14.9. The van der Waals surface area contributed by atoms with E-state index in [1.165, 1.54) is 0 Å². The van der Waals surface area contributed by atoms with Crippen LogP contribution in [0.15, 0.2) is 67.0 Å². The Bertz CT molecular complexity index is 873. The number of benzene rings is 2. The van der Waals surface area contributed by atoms with Crippen molar-refractivity contribution in [1.82, 2.24) is 4.57 Å². The third-order valence-electron chi connectivity index (χ3n) is 4.16. The molecule has 0 atom stereocenters. The van der Waals surface area contributed by atoms with Crippen molar-refractivity contribution in [2.45, 2.75) is 12.8 Å². The number of para-hydroxylation sites is 1. The van der Waals surface area contributed by atoms with Gasteiger partial charge in [-0.3, -0.25) is 4.79 Å². The summed E-state index contributed by atoms with van der Waals surface area (Å²) in [7, 11) is 3.27. The van der Waals surface area contributed by atoms with Crippen LogP contribution in [0.5, 0.6) is 11.5 Å². The van der Waals surface area contributed by atoms with Crippen LogP contribution < -0.4 is 14.8 Å². The zero-order chi connectivity index (χ0) is 18.4. The van der Waals surface area contributed by atoms with E-state index in [0.717, 1.165) is 28.4 Å². The summed E-state index contributed by atoms with van der Waals surface area (Å²) in [6.45, 7) is 0. The van der Waals surface area contributed by atoms with Crippen molar-refractivity contribution in [3.63, 3.8) is 0 Å². The van der Waals surface area contributed by atoms with Crippen LogP contribution in [0.2, 0.25) is 0 Å². The molecule has 5 heteroatoms. The van der Waals surface area contributed by atoms with E-state index < -0.39 is 0 Å². The molecule has 1 amide bonds. The van der Waals surface area contributed by atoms with E-state index in [-0.39, 0.29) is 5.91 Å². The van der Waals surface area contributed by atoms with Crippen molar-refractivity contribution in [2.24, 2.45) is 0 Å². The van der Waals surface area contributed by atoms with E-state index in [0.29, 0.717) is 12.8 Å². The maximum atomic E-state index is 12.3. The average molecular weight is 350 g/mol. The molecule has 134 valence electrons. The molecule has 0 unspecified atom stereocenters. The van der Waals surface area contributed by atoms with Crippen molar-refractivity contribution in [3.05, 3.63) is 72.6 Å². The van der Waals surface area contributed by atoms with E-state index in [1.807, 2.05) is 71.6 Å². The number of aryl methyl sites for hydroxylation is 1. The van der Waals surface area contributed by atoms with Crippen LogP contribution >= 0.6 is 0 Å². The number of nitrogens with one attached hydrogen (secondary N) is 1. The highest BCUT2D eigenvalue weighted by molar-refractivity contribution is 5.91. The van der Waals surface area contributed by atoms with Crippen molar-refractivity contribution in [2.75, 3.05) is 19.5 Å². The second-order valence-corrected chi connectivity index (χ2v) is 5.84. The number of methoxy groups -OCH3 is 2. The fourth-order valence-electron chi connectivity index (χ4n) is 2.85. The largest absolute Gasteiger partial charge is 0.496 e. The minimum atomic E-state index is -0.0421. The summed E-state index contributed by atoms with van der Waals surface area (Å²) in [5.41, 5.74) is 2.63. The van der Waals surface area contributed by atoms with Gasteiger partial charge >= 0.3 is 0 Å². The Labute approximate surface area is 153 Å². The summed E-state index contributed by atoms with van der Waals surface area (Å²) >= 11 is 0. The lowest BCUT2D eigenvalue weighted by Crippen LogP contribution is -2.13. The van der Waals surface area contributed by atoms with Crippen molar-refractivity contribution in [1.29, 1.82) is 0 Å². The lowest BCUT2D eigenvalue weighted by molar-refractivity contribution is -0.116. The lowest BCUT2D eigenvalue weighted by Gasteiger charge is -2.13. The van der Waals surface area contributed by atoms with Gasteiger partial charge in [0.15, 0.2) is 0 Å². The van der Waals surface area contributed by atoms with Gasteiger partial charge in [-0.1, -0.05) is 18.2 Å². The first-order valence-electron chi connectivity index (χ1n) is 8.44. The number of hydrogen-bond acceptors (Lipinski definition) is 3. The molecule has 3 rings (SSSR count). The third-order valence-corrected chi connectivity index (χ3v) is 4.16. The molecule has 1 N–H and O–H groups in total. The monoisotopic (exact) mass is 350 g/mol. The summed E-state index contributed by atoms with van der Waals surface area (Å²) in [4.78, 5) is 12.3. The Morgan fingerprint density at radius 3 is 2.42 bits per heavy atom. The Kier molecular flexibility index (Phi) is 5.59. The molecule has 0 radical (unpaired) electrons. The highest BCUT2D eigenvalue weighted by atomic mass is 16.5. The maximum absolute atomic E-state index is 12.3. The molecule has 0 bridgehead atoms. The van der Waals surface area contributed by atoms with E-state index in [1.54, 1.807) is 14.2 Å². The quantitative estimate of drug-likeness (QED) is 0.699. The number of ether oxygens (including phenoxy) is 2. The van der Waals surface area contributed by atoms with Crippen molar-refractivity contribution >= 4 is 11.6 Å². The van der Waals surface area contributed by atoms with Gasteiger partial charge in [0.05, 0.1) is 19.9 Å². The van der Waals surface area contributed by atoms with Gasteiger partial charge in [0.25, 0.3) is 0 Å². The van der Waals surface area contributed by atoms with Crippen LogP contribution in [0.1, 0.15) is 12.0 Å². The summed E-state index contributed by atoms with van der Waals surface area (Å²) < 4.78 is 12.7. The van der Waals surface area contributed by atoms with Gasteiger partial charge < -0.3 is 19.4 Å². The molecule has 0 saturated heterocycles. The number of rotatable bonds is 7. The van der Waals surface area contributed by atoms with Crippen LogP contribution in [0.4, 0.5) is 5.69 Å². The minimum Gasteiger partial charge on any atom is -0.496 e. The van der Waals surface area contributed by atoms with Crippen molar-refractivity contribution in [3.8, 4) is 17.2 Å². The first kappa shape index (κ1) is 17.6. The fraction of sp³-hybridized carbons (Fsp3) is 0.190. The molecule has 3 aromatic rings. The van der Waals surface area contributed by atoms with Crippen LogP contribution in [0.25, 0.3) is 5.69 Å². The van der Waals surface area contributed by atoms with Gasteiger partial charge in [-0.15, -0.1) is 0 Å². The van der Waals surface area contributed by atoms with Gasteiger partial charge in [-0.05, 0) is 48.4 Å². The number of anilines is 1. The normalized spacial score (nSPS) is 10.4. The zero-order valence-electron chi connectivity index (χ0n) is 14.9. The summed E-state index contributed by atoms with van der Waals surface area (Å²) in [6, 6.07) is 17.2. The number of aromatic nitrogens is 1. The van der Waals surface area contributed by atoms with E-state index >= 15 is 0 Å². The van der Waals surface area contributed by atoms with E-state index in [4.69, 9.17) is 9.47 Å². The predicted molar refractivity (Wildman–Crippen MR) is 102 cm³/mol. The molecule has 1 heterocycles. The van der Waals surface area contributed by atoms with Gasteiger partial charge in [-0.25, -0.2) is 0 Å². The van der Waals surface area contributed by atoms with Crippen LogP contribution in [-0.2, 0) is 11.2 Å². The lowest BCUT2D eigenvalue weighted by atomic mass is 10.1. The molecule has 0 saturated carbocycles. The summed E-state index contributed by atoms with van der Waals surface area (Å²) in [6.07, 6.45) is 4.87. The molecule has 0 aliphatic rings. The molecule has 26 heavy (non-hydrogen) atoms. The highest BCUT2D eigenvalue weighted by Crippen LogP contribution is 2.27. The van der Waals surface area contributed by atoms with Gasteiger partial charge in [0.1, 0.15) is 11.5 Å². The molecular weight excluding hydrogens is 328 g/mol. The Morgan fingerprint density at radius 1 is 0.962 bits per heavy atom. The SMILES string of the molecule is COc1ccccc1CCC(=O)Nc1ccc(OC)c(-n2cccc2)c1. The molecule has 0 fully saturated rings. The van der Waals surface area contributed by atoms with Crippen LogP contribution in [-0.4, -0.2) is 24.7 Å². The average Bonchev–Trinajstić information content (AvgIpc) is 3.21. The number of amides is 1. The smallest absolute Gasteiger partial charge is 0.224 e. The topological polar surface area (TPSA) is 52.5 Å². The standard InChI is InChI=1S/C21H22N2O3/c1-25-19-8-4-3-7-16(19)9-12-21(24)22-17-10-11-20(26-2)18(15-17)23-13-5-6-14-23/h3-8,10-11,13-15H,9,12H2,1-2H3,(H,22,24). The molecule has 2 aromatic carbocycles. The molecular formula is C21H22N2O3. The highest BCUT2D eigenvalue weighted by Gasteiger charge is 2.10. The van der Waals surface area contributed by atoms with Gasteiger partial charge in [0, 0.05) is 24.5 Å². The van der Waals surface area contributed by atoms with E-state index in [9.17, 15) is 4.79 Å². The Hall–Kier alpha value is -3.21. The number of carbonyl (C=O) groups excluding carboxylic acids is 1. The summed E-state index contributed by atoms with van der Waals surface area (Å²) in [5.74, 6) is 1.51.